The summed E-state index contributed by atoms with van der Waals surface area (Å²) in [5, 5.41) is 9.70. The molecule has 2 aromatic rings. The minimum Gasteiger partial charge on any atom is -0.481 e. The monoisotopic (exact) mass is 423 g/mol. The summed E-state index contributed by atoms with van der Waals surface area (Å²) in [5.41, 5.74) is -0.0440. The van der Waals surface area contributed by atoms with Gasteiger partial charge in [0.2, 0.25) is 0 Å². The van der Waals surface area contributed by atoms with Gasteiger partial charge in [-0.25, -0.2) is 9.78 Å². The van der Waals surface area contributed by atoms with Gasteiger partial charge in [-0.05, 0) is 31.4 Å². The number of nitriles is 1. The molecule has 0 aliphatic heterocycles. The van der Waals surface area contributed by atoms with Crippen LogP contribution < -0.4 is 10.3 Å². The minimum absolute atomic E-state index is 0.128. The van der Waals surface area contributed by atoms with E-state index in [9.17, 15) is 14.9 Å². The fraction of sp³-hybridized carbons (Fsp3) is 0.250. The van der Waals surface area contributed by atoms with Crippen LogP contribution in [0.15, 0.2) is 32.6 Å². The Morgan fingerprint density at radius 3 is 2.88 bits per heavy atom. The fourth-order valence-corrected chi connectivity index (χ4v) is 2.74. The number of rotatable bonds is 6. The fourth-order valence-electron chi connectivity index (χ4n) is 2.00. The summed E-state index contributed by atoms with van der Waals surface area (Å²) in [6.45, 7) is 1.66. The first-order valence-electron chi connectivity index (χ1n) is 7.16. The van der Waals surface area contributed by atoms with Crippen LogP contribution in [-0.4, -0.2) is 35.4 Å². The molecule has 25 heavy (non-hydrogen) atoms. The lowest BCUT2D eigenvalue weighted by Gasteiger charge is -2.12. The van der Waals surface area contributed by atoms with Crippen molar-refractivity contribution in [2.75, 3.05) is 19.5 Å². The van der Waals surface area contributed by atoms with Crippen LogP contribution in [0.4, 0.5) is 0 Å². The molecule has 130 valence electrons. The number of ether oxygens (including phenoxy) is 2. The molecular formula is C16H14BrN3O4S. The third-order valence-corrected chi connectivity index (χ3v) is 4.12. The van der Waals surface area contributed by atoms with E-state index in [-0.39, 0.29) is 24.5 Å². The zero-order valence-electron chi connectivity index (χ0n) is 13.5. The summed E-state index contributed by atoms with van der Waals surface area (Å²) in [4.78, 5) is 30.5. The molecule has 0 unspecified atom stereocenters. The third kappa shape index (κ3) is 4.61. The van der Waals surface area contributed by atoms with Crippen molar-refractivity contribution in [3.8, 4) is 23.1 Å². The number of esters is 1. The predicted octanol–water partition coefficient (Wildman–Crippen LogP) is 2.73. The molecule has 0 bridgehead atoms. The summed E-state index contributed by atoms with van der Waals surface area (Å²) in [5.74, 6) is -0.196. The van der Waals surface area contributed by atoms with E-state index in [1.165, 1.54) is 11.8 Å². The van der Waals surface area contributed by atoms with Gasteiger partial charge in [-0.3, -0.25) is 4.79 Å². The second kappa shape index (κ2) is 8.69. The van der Waals surface area contributed by atoms with Gasteiger partial charge < -0.3 is 14.5 Å². The van der Waals surface area contributed by atoms with E-state index in [0.717, 1.165) is 0 Å². The molecule has 0 aliphatic carbocycles. The zero-order valence-corrected chi connectivity index (χ0v) is 15.9. The maximum absolute atomic E-state index is 12.1. The van der Waals surface area contributed by atoms with Gasteiger partial charge in [-0.2, -0.15) is 5.26 Å². The molecule has 1 aromatic carbocycles. The number of carbonyl (C=O) groups is 1. The highest BCUT2D eigenvalue weighted by molar-refractivity contribution is 9.10. The van der Waals surface area contributed by atoms with Crippen LogP contribution >= 0.6 is 27.7 Å². The van der Waals surface area contributed by atoms with Crippen LogP contribution in [0.3, 0.4) is 0 Å². The number of nitrogens with zero attached hydrogens (tertiary/aromatic N) is 2. The number of hydrogen-bond acceptors (Lipinski definition) is 7. The van der Waals surface area contributed by atoms with Crippen molar-refractivity contribution in [2.45, 2.75) is 12.1 Å². The van der Waals surface area contributed by atoms with Crippen LogP contribution in [0.5, 0.6) is 5.75 Å². The number of aromatic nitrogens is 2. The molecule has 0 aliphatic rings. The van der Waals surface area contributed by atoms with E-state index in [4.69, 9.17) is 9.47 Å². The molecule has 9 heteroatoms. The van der Waals surface area contributed by atoms with E-state index < -0.39 is 11.5 Å². The van der Waals surface area contributed by atoms with Crippen molar-refractivity contribution in [1.82, 2.24) is 9.97 Å². The topological polar surface area (TPSA) is 105 Å². The van der Waals surface area contributed by atoms with Crippen molar-refractivity contribution in [3.63, 3.8) is 0 Å². The van der Waals surface area contributed by atoms with Gasteiger partial charge in [0.1, 0.15) is 23.1 Å². The standard InChI is InChI=1S/C16H14BrN3O4S/c1-3-23-13(21)8-24-12-5-4-9(17)6-10(12)14-11(7-18)15(22)20-16(19-14)25-2/h4-6H,3,8H2,1-2H3,(H,19,20,22). The second-order valence-corrected chi connectivity index (χ2v) is 6.36. The minimum atomic E-state index is -0.534. The van der Waals surface area contributed by atoms with Gasteiger partial charge in [0.05, 0.1) is 6.61 Å². The second-order valence-electron chi connectivity index (χ2n) is 4.64. The lowest BCUT2D eigenvalue weighted by Crippen LogP contribution is -2.16. The van der Waals surface area contributed by atoms with Gasteiger partial charge in [0.25, 0.3) is 5.56 Å². The zero-order chi connectivity index (χ0) is 18.4. The molecule has 1 aromatic heterocycles. The summed E-state index contributed by atoms with van der Waals surface area (Å²) in [6.07, 6.45) is 1.76. The summed E-state index contributed by atoms with van der Waals surface area (Å²) < 4.78 is 11.1. The van der Waals surface area contributed by atoms with Gasteiger partial charge in [-0.15, -0.1) is 0 Å². The molecule has 0 spiro atoms. The first-order valence-corrected chi connectivity index (χ1v) is 9.18. The number of carbonyl (C=O) groups excluding carboxylic acids is 1. The molecule has 0 radical (unpaired) electrons. The Morgan fingerprint density at radius 1 is 1.48 bits per heavy atom. The van der Waals surface area contributed by atoms with Gasteiger partial charge in [-0.1, -0.05) is 27.7 Å². The van der Waals surface area contributed by atoms with Crippen molar-refractivity contribution < 1.29 is 14.3 Å². The molecule has 2 rings (SSSR count). The smallest absolute Gasteiger partial charge is 0.344 e. The summed E-state index contributed by atoms with van der Waals surface area (Å²) >= 11 is 4.59. The van der Waals surface area contributed by atoms with Crippen molar-refractivity contribution in [2.24, 2.45) is 0 Å². The first kappa shape index (κ1) is 19.0. The number of aromatic amines is 1. The molecule has 0 atom stereocenters. The van der Waals surface area contributed by atoms with E-state index in [0.29, 0.717) is 20.9 Å². The molecule has 1 heterocycles. The highest BCUT2D eigenvalue weighted by Gasteiger charge is 2.18. The average molecular weight is 424 g/mol. The highest BCUT2D eigenvalue weighted by Crippen LogP contribution is 2.33. The predicted molar refractivity (Wildman–Crippen MR) is 96.6 cm³/mol. The molecule has 0 saturated heterocycles. The van der Waals surface area contributed by atoms with Gasteiger partial charge >= 0.3 is 5.97 Å². The van der Waals surface area contributed by atoms with Crippen LogP contribution in [0.1, 0.15) is 12.5 Å². The Kier molecular flexibility index (Phi) is 6.61. The summed E-state index contributed by atoms with van der Waals surface area (Å²) in [6, 6.07) is 6.89. The summed E-state index contributed by atoms with van der Waals surface area (Å²) in [7, 11) is 0. The Hall–Kier alpha value is -2.31. The quantitative estimate of drug-likeness (QED) is 0.432. The number of H-pyrrole nitrogens is 1. The van der Waals surface area contributed by atoms with E-state index in [2.05, 4.69) is 25.9 Å². The third-order valence-electron chi connectivity index (χ3n) is 3.05. The molecule has 1 N–H and O–H groups in total. The molecule has 0 amide bonds. The van der Waals surface area contributed by atoms with Crippen LogP contribution in [0, 0.1) is 11.3 Å². The normalized spacial score (nSPS) is 10.2. The van der Waals surface area contributed by atoms with Crippen molar-refractivity contribution >= 4 is 33.7 Å². The van der Waals surface area contributed by atoms with Crippen LogP contribution in [-0.2, 0) is 9.53 Å². The molecular weight excluding hydrogens is 410 g/mol. The number of halogens is 1. The maximum atomic E-state index is 12.1. The van der Waals surface area contributed by atoms with Crippen molar-refractivity contribution in [1.29, 1.82) is 5.26 Å². The van der Waals surface area contributed by atoms with Gasteiger partial charge in [0, 0.05) is 10.0 Å². The Morgan fingerprint density at radius 2 is 2.24 bits per heavy atom. The van der Waals surface area contributed by atoms with Gasteiger partial charge in [0.15, 0.2) is 11.8 Å². The van der Waals surface area contributed by atoms with E-state index >= 15 is 0 Å². The maximum Gasteiger partial charge on any atom is 0.344 e. The van der Waals surface area contributed by atoms with Crippen LogP contribution in [0.2, 0.25) is 0 Å². The molecule has 0 fully saturated rings. The largest absolute Gasteiger partial charge is 0.481 e. The number of thioether (sulfide) groups is 1. The average Bonchev–Trinajstić information content (AvgIpc) is 2.60. The molecule has 7 nitrogen and oxygen atoms in total. The Bertz CT molecular complexity index is 892. The van der Waals surface area contributed by atoms with E-state index in [1.807, 2.05) is 6.07 Å². The number of nitrogens with one attached hydrogen (secondary N) is 1. The Balaban J connectivity index is 2.54. The molecule has 0 saturated carbocycles. The van der Waals surface area contributed by atoms with Crippen molar-refractivity contribution in [3.05, 3.63) is 38.6 Å². The number of hydrogen-bond donors (Lipinski definition) is 1. The number of benzene rings is 1. The lowest BCUT2D eigenvalue weighted by atomic mass is 10.1. The SMILES string of the molecule is CCOC(=O)COc1ccc(Br)cc1-c1nc(SC)[nH]c(=O)c1C#N. The van der Waals surface area contributed by atoms with Crippen LogP contribution in [0.25, 0.3) is 11.3 Å². The highest BCUT2D eigenvalue weighted by atomic mass is 79.9. The Labute approximate surface area is 156 Å². The van der Waals surface area contributed by atoms with E-state index in [1.54, 1.807) is 31.4 Å². The first-order chi connectivity index (χ1) is 12.0. The lowest BCUT2D eigenvalue weighted by molar-refractivity contribution is -0.145.